The number of hydrogen-bond donors (Lipinski definition) is 2. The van der Waals surface area contributed by atoms with Crippen LogP contribution in [-0.2, 0) is 32.1 Å². The molecule has 0 aliphatic carbocycles. The topological polar surface area (TPSA) is 134 Å². The molecule has 166 valence electrons. The quantitative estimate of drug-likeness (QED) is 0.572. The summed E-state index contributed by atoms with van der Waals surface area (Å²) < 4.78 is 29.9. The van der Waals surface area contributed by atoms with Crippen LogP contribution in [0.1, 0.15) is 23.6 Å². The molecule has 2 aliphatic heterocycles. The number of nitrogens with one attached hydrogen (secondary N) is 1. The molecule has 11 heteroatoms. The van der Waals surface area contributed by atoms with Crippen LogP contribution in [0.15, 0.2) is 66.1 Å². The second kappa shape index (κ2) is 8.17. The minimum atomic E-state index is -3.86. The van der Waals surface area contributed by atoms with Crippen LogP contribution in [0.4, 0.5) is 5.69 Å². The number of amides is 1. The van der Waals surface area contributed by atoms with Gasteiger partial charge in [0.15, 0.2) is 0 Å². The molecule has 0 radical (unpaired) electrons. The Labute approximate surface area is 184 Å². The highest BCUT2D eigenvalue weighted by molar-refractivity contribution is 7.89. The van der Waals surface area contributed by atoms with Gasteiger partial charge in [0.25, 0.3) is 6.47 Å². The van der Waals surface area contributed by atoms with Crippen LogP contribution in [-0.4, -0.2) is 51.5 Å². The van der Waals surface area contributed by atoms with Crippen LogP contribution in [0.5, 0.6) is 0 Å². The molecular weight excluding hydrogens is 434 g/mol. The van der Waals surface area contributed by atoms with E-state index in [0.717, 1.165) is 11.3 Å². The van der Waals surface area contributed by atoms with Gasteiger partial charge in [-0.05, 0) is 29.7 Å². The van der Waals surface area contributed by atoms with Crippen molar-refractivity contribution in [2.45, 2.75) is 22.8 Å². The molecule has 1 saturated heterocycles. The SMILES string of the molecule is Cn1cc(S(=O)(=O)N2CCC3(C(=O)Nc4ccccc43)C2c2cccnc2)cn1.O=CO. The molecule has 3 aromatic rings. The minimum absolute atomic E-state index is 0.109. The van der Waals surface area contributed by atoms with Crippen molar-refractivity contribution in [3.63, 3.8) is 0 Å². The molecule has 4 heterocycles. The number of pyridine rings is 1. The van der Waals surface area contributed by atoms with Crippen molar-refractivity contribution in [2.24, 2.45) is 7.05 Å². The summed E-state index contributed by atoms with van der Waals surface area (Å²) in [7, 11) is -2.19. The number of aryl methyl sites for hydroxylation is 1. The molecule has 2 aromatic heterocycles. The predicted octanol–water partition coefficient (Wildman–Crippen LogP) is 1.54. The first-order chi connectivity index (χ1) is 15.4. The van der Waals surface area contributed by atoms with Crippen LogP contribution >= 0.6 is 0 Å². The monoisotopic (exact) mass is 455 g/mol. The van der Waals surface area contributed by atoms with Gasteiger partial charge in [-0.25, -0.2) is 8.42 Å². The van der Waals surface area contributed by atoms with E-state index in [1.807, 2.05) is 30.3 Å². The van der Waals surface area contributed by atoms with E-state index in [1.54, 1.807) is 25.5 Å². The number of sulfonamides is 1. The fraction of sp³-hybridized carbons (Fsp3) is 0.238. The van der Waals surface area contributed by atoms with E-state index in [1.165, 1.54) is 21.4 Å². The van der Waals surface area contributed by atoms with Gasteiger partial charge < -0.3 is 10.4 Å². The van der Waals surface area contributed by atoms with Crippen molar-refractivity contribution in [1.82, 2.24) is 19.1 Å². The highest BCUT2D eigenvalue weighted by Crippen LogP contribution is 2.55. The number of anilines is 1. The molecule has 2 unspecified atom stereocenters. The van der Waals surface area contributed by atoms with E-state index in [9.17, 15) is 13.2 Å². The number of nitrogens with zero attached hydrogens (tertiary/aromatic N) is 4. The Morgan fingerprint density at radius 3 is 2.62 bits per heavy atom. The van der Waals surface area contributed by atoms with Crippen molar-refractivity contribution in [3.8, 4) is 0 Å². The normalized spacial score (nSPS) is 22.2. The molecule has 1 fully saturated rings. The smallest absolute Gasteiger partial charge is 0.290 e. The Kier molecular flexibility index (Phi) is 5.53. The predicted molar refractivity (Wildman–Crippen MR) is 114 cm³/mol. The zero-order chi connectivity index (χ0) is 22.9. The average Bonchev–Trinajstić information content (AvgIpc) is 3.47. The zero-order valence-corrected chi connectivity index (χ0v) is 17.9. The summed E-state index contributed by atoms with van der Waals surface area (Å²) in [5.41, 5.74) is 1.23. The summed E-state index contributed by atoms with van der Waals surface area (Å²) in [5, 5.41) is 13.8. The van der Waals surface area contributed by atoms with Gasteiger partial charge in [0.1, 0.15) is 4.90 Å². The van der Waals surface area contributed by atoms with E-state index in [2.05, 4.69) is 15.4 Å². The van der Waals surface area contributed by atoms with Gasteiger partial charge >= 0.3 is 0 Å². The summed E-state index contributed by atoms with van der Waals surface area (Å²) in [6.45, 7) is -0.0292. The number of aromatic nitrogens is 3. The number of carbonyl (C=O) groups excluding carboxylic acids is 1. The fourth-order valence-corrected chi connectivity index (χ4v) is 6.22. The Morgan fingerprint density at radius 1 is 1.22 bits per heavy atom. The third-order valence-corrected chi connectivity index (χ3v) is 7.65. The summed E-state index contributed by atoms with van der Waals surface area (Å²) in [5.74, 6) is -0.184. The molecule has 2 N–H and O–H groups in total. The highest BCUT2D eigenvalue weighted by atomic mass is 32.2. The molecule has 1 amide bonds. The number of carboxylic acid groups (broad SMARTS) is 1. The summed E-state index contributed by atoms with van der Waals surface area (Å²) >= 11 is 0. The Bertz CT molecular complexity index is 1260. The number of rotatable bonds is 3. The van der Waals surface area contributed by atoms with Crippen LogP contribution < -0.4 is 5.32 Å². The third-order valence-electron chi connectivity index (χ3n) is 5.83. The fourth-order valence-electron chi connectivity index (χ4n) is 4.57. The minimum Gasteiger partial charge on any atom is -0.483 e. The third kappa shape index (κ3) is 3.26. The summed E-state index contributed by atoms with van der Waals surface area (Å²) in [4.78, 5) is 25.9. The van der Waals surface area contributed by atoms with Gasteiger partial charge in [-0.2, -0.15) is 9.40 Å². The molecule has 32 heavy (non-hydrogen) atoms. The van der Waals surface area contributed by atoms with Crippen LogP contribution in [0.25, 0.3) is 0 Å². The van der Waals surface area contributed by atoms with E-state index in [-0.39, 0.29) is 23.8 Å². The van der Waals surface area contributed by atoms with Crippen molar-refractivity contribution < 1.29 is 23.1 Å². The van der Waals surface area contributed by atoms with E-state index < -0.39 is 21.5 Å². The number of carbonyl (C=O) groups is 2. The Morgan fingerprint density at radius 2 is 1.97 bits per heavy atom. The Hall–Kier alpha value is -3.57. The molecule has 10 nitrogen and oxygen atoms in total. The molecule has 0 saturated carbocycles. The van der Waals surface area contributed by atoms with Gasteiger partial charge in [-0.1, -0.05) is 24.3 Å². The van der Waals surface area contributed by atoms with E-state index in [4.69, 9.17) is 9.90 Å². The lowest BCUT2D eigenvalue weighted by Crippen LogP contribution is -2.42. The lowest BCUT2D eigenvalue weighted by atomic mass is 9.73. The van der Waals surface area contributed by atoms with Gasteiger partial charge in [0, 0.05) is 37.9 Å². The van der Waals surface area contributed by atoms with Gasteiger partial charge in [0.05, 0.1) is 17.7 Å². The maximum absolute atomic E-state index is 13.5. The van der Waals surface area contributed by atoms with E-state index >= 15 is 0 Å². The summed E-state index contributed by atoms with van der Waals surface area (Å²) in [6, 6.07) is 10.4. The number of hydrogen-bond acceptors (Lipinski definition) is 6. The van der Waals surface area contributed by atoms with Crippen molar-refractivity contribution in [3.05, 3.63) is 72.3 Å². The first-order valence-corrected chi connectivity index (χ1v) is 11.2. The van der Waals surface area contributed by atoms with Gasteiger partial charge in [0.2, 0.25) is 15.9 Å². The lowest BCUT2D eigenvalue weighted by molar-refractivity contribution is -0.123. The van der Waals surface area contributed by atoms with Crippen LogP contribution in [0, 0.1) is 0 Å². The molecule has 2 atom stereocenters. The lowest BCUT2D eigenvalue weighted by Gasteiger charge is -2.33. The largest absolute Gasteiger partial charge is 0.483 e. The first kappa shape index (κ1) is 21.7. The molecule has 1 spiro atoms. The molecule has 5 rings (SSSR count). The van der Waals surface area contributed by atoms with Crippen molar-refractivity contribution in [1.29, 1.82) is 0 Å². The molecule has 0 bridgehead atoms. The zero-order valence-electron chi connectivity index (χ0n) is 17.1. The maximum Gasteiger partial charge on any atom is 0.290 e. The van der Waals surface area contributed by atoms with Gasteiger partial charge in [-0.15, -0.1) is 0 Å². The molecule has 2 aliphatic rings. The van der Waals surface area contributed by atoms with Gasteiger partial charge in [-0.3, -0.25) is 19.3 Å². The van der Waals surface area contributed by atoms with Crippen LogP contribution in [0.2, 0.25) is 0 Å². The molecule has 1 aromatic carbocycles. The molecular formula is C21H21N5O5S. The number of fused-ring (bicyclic) bond motifs is 2. The Balaban J connectivity index is 0.000000775. The number of benzene rings is 1. The first-order valence-electron chi connectivity index (χ1n) is 9.75. The summed E-state index contributed by atoms with van der Waals surface area (Å²) in [6.07, 6.45) is 6.47. The average molecular weight is 455 g/mol. The second-order valence-electron chi connectivity index (χ2n) is 7.48. The highest BCUT2D eigenvalue weighted by Gasteiger charge is 2.61. The van der Waals surface area contributed by atoms with Crippen molar-refractivity contribution in [2.75, 3.05) is 11.9 Å². The van der Waals surface area contributed by atoms with Crippen molar-refractivity contribution >= 4 is 28.1 Å². The second-order valence-corrected chi connectivity index (χ2v) is 9.37. The number of para-hydroxylation sites is 1. The maximum atomic E-state index is 13.5. The standard InChI is InChI=1S/C20H19N5O3S.CH2O2/c1-24-13-15(12-22-24)29(27,28)25-10-8-20(18(25)14-5-4-9-21-11-14)16-6-2-3-7-17(16)23-19(20)26;2-1-3/h2-7,9,11-13,18H,8,10H2,1H3,(H,23,26);1H,(H,2,3). The van der Waals surface area contributed by atoms with Crippen LogP contribution in [0.3, 0.4) is 0 Å². The van der Waals surface area contributed by atoms with E-state index in [0.29, 0.717) is 12.0 Å².